The highest BCUT2D eigenvalue weighted by molar-refractivity contribution is 5.80. The summed E-state index contributed by atoms with van der Waals surface area (Å²) in [6.45, 7) is 5.51. The molecule has 0 aromatic heterocycles. The van der Waals surface area contributed by atoms with Gasteiger partial charge in [0, 0.05) is 6.08 Å². The van der Waals surface area contributed by atoms with Gasteiger partial charge in [-0.25, -0.2) is 4.79 Å². The van der Waals surface area contributed by atoms with Crippen molar-refractivity contribution in [3.05, 3.63) is 12.7 Å². The van der Waals surface area contributed by atoms with Gasteiger partial charge < -0.3 is 4.74 Å². The van der Waals surface area contributed by atoms with Gasteiger partial charge in [-0.3, -0.25) is 0 Å². The van der Waals surface area contributed by atoms with E-state index in [0.717, 1.165) is 12.0 Å². The molecule has 2 heteroatoms. The molecule has 1 aliphatic carbocycles. The molecule has 0 atom stereocenters. The van der Waals surface area contributed by atoms with E-state index < -0.39 is 5.97 Å². The Hall–Kier alpha value is -0.790. The predicted molar refractivity (Wildman–Crippen MR) is 77.5 cm³/mol. The molecule has 0 amide bonds. The first-order valence-corrected chi connectivity index (χ1v) is 7.45. The van der Waals surface area contributed by atoms with E-state index in [1.165, 1.54) is 71.3 Å². The number of rotatable bonds is 2. The van der Waals surface area contributed by atoms with Gasteiger partial charge in [0.1, 0.15) is 0 Å². The van der Waals surface area contributed by atoms with E-state index in [-0.39, 0.29) is 0 Å². The van der Waals surface area contributed by atoms with Gasteiger partial charge in [-0.2, -0.15) is 0 Å². The van der Waals surface area contributed by atoms with Crippen molar-refractivity contribution in [1.29, 1.82) is 0 Å². The first-order valence-electron chi connectivity index (χ1n) is 7.45. The van der Waals surface area contributed by atoms with Gasteiger partial charge in [-0.15, -0.1) is 0 Å². The fourth-order valence-electron chi connectivity index (χ4n) is 2.39. The SMILES string of the molecule is C=CC(=O)OC.CCC1CCCCCCCCC1. The lowest BCUT2D eigenvalue weighted by molar-refractivity contribution is -0.134. The second kappa shape index (κ2) is 12.7. The van der Waals surface area contributed by atoms with Crippen molar-refractivity contribution < 1.29 is 9.53 Å². The molecule has 0 spiro atoms. The average molecular weight is 254 g/mol. The topological polar surface area (TPSA) is 26.3 Å². The third kappa shape index (κ3) is 10.4. The Morgan fingerprint density at radius 2 is 1.56 bits per heavy atom. The fourth-order valence-corrected chi connectivity index (χ4v) is 2.39. The number of hydrogen-bond donors (Lipinski definition) is 0. The zero-order valence-electron chi connectivity index (χ0n) is 12.2. The van der Waals surface area contributed by atoms with E-state index in [9.17, 15) is 4.79 Å². The second-order valence-corrected chi connectivity index (χ2v) is 5.05. The maximum absolute atomic E-state index is 9.84. The normalized spacial score (nSPS) is 18.1. The van der Waals surface area contributed by atoms with Crippen LogP contribution in [0.3, 0.4) is 0 Å². The Bertz CT molecular complexity index is 201. The molecule has 0 aromatic carbocycles. The van der Waals surface area contributed by atoms with Crippen LogP contribution in [-0.4, -0.2) is 13.1 Å². The Labute approximate surface area is 113 Å². The summed E-state index contributed by atoms with van der Waals surface area (Å²) < 4.78 is 4.14. The minimum Gasteiger partial charge on any atom is -0.466 e. The van der Waals surface area contributed by atoms with Crippen LogP contribution in [0.25, 0.3) is 0 Å². The molecule has 1 aliphatic rings. The summed E-state index contributed by atoms with van der Waals surface area (Å²) in [7, 11) is 1.31. The summed E-state index contributed by atoms with van der Waals surface area (Å²) in [5.41, 5.74) is 0. The summed E-state index contributed by atoms with van der Waals surface area (Å²) >= 11 is 0. The molecular weight excluding hydrogens is 224 g/mol. The Morgan fingerprint density at radius 3 is 1.83 bits per heavy atom. The number of esters is 1. The van der Waals surface area contributed by atoms with Crippen molar-refractivity contribution in [3.63, 3.8) is 0 Å². The Balaban J connectivity index is 0.000000411. The van der Waals surface area contributed by atoms with Gasteiger partial charge in [0.15, 0.2) is 0 Å². The molecule has 1 saturated carbocycles. The van der Waals surface area contributed by atoms with Crippen molar-refractivity contribution in [2.45, 2.75) is 71.1 Å². The minimum absolute atomic E-state index is 0.394. The van der Waals surface area contributed by atoms with E-state index in [4.69, 9.17) is 0 Å². The van der Waals surface area contributed by atoms with Gasteiger partial charge in [0.05, 0.1) is 7.11 Å². The zero-order valence-corrected chi connectivity index (χ0v) is 12.2. The van der Waals surface area contributed by atoms with E-state index in [0.29, 0.717) is 0 Å². The molecule has 106 valence electrons. The first kappa shape index (κ1) is 17.2. The summed E-state index contributed by atoms with van der Waals surface area (Å²) in [5.74, 6) is 0.665. The van der Waals surface area contributed by atoms with Crippen molar-refractivity contribution in [3.8, 4) is 0 Å². The molecule has 0 saturated heterocycles. The number of ether oxygens (including phenoxy) is 1. The number of hydrogen-bond acceptors (Lipinski definition) is 2. The van der Waals surface area contributed by atoms with Gasteiger partial charge >= 0.3 is 5.97 Å². The van der Waals surface area contributed by atoms with Crippen molar-refractivity contribution in [1.82, 2.24) is 0 Å². The molecule has 0 aromatic rings. The van der Waals surface area contributed by atoms with Crippen LogP contribution in [-0.2, 0) is 9.53 Å². The van der Waals surface area contributed by atoms with Crippen LogP contribution in [0, 0.1) is 5.92 Å². The van der Waals surface area contributed by atoms with Crippen LogP contribution < -0.4 is 0 Å². The van der Waals surface area contributed by atoms with Crippen molar-refractivity contribution in [2.75, 3.05) is 7.11 Å². The van der Waals surface area contributed by atoms with Crippen LogP contribution >= 0.6 is 0 Å². The monoisotopic (exact) mass is 254 g/mol. The van der Waals surface area contributed by atoms with Crippen LogP contribution in [0.2, 0.25) is 0 Å². The largest absolute Gasteiger partial charge is 0.466 e. The van der Waals surface area contributed by atoms with Crippen molar-refractivity contribution in [2.24, 2.45) is 5.92 Å². The van der Waals surface area contributed by atoms with E-state index >= 15 is 0 Å². The summed E-state index contributed by atoms with van der Waals surface area (Å²) in [6.07, 6.45) is 16.0. The van der Waals surface area contributed by atoms with Crippen LogP contribution in [0.4, 0.5) is 0 Å². The molecular formula is C16H30O2. The zero-order chi connectivity index (χ0) is 13.6. The van der Waals surface area contributed by atoms with E-state index in [1.807, 2.05) is 0 Å². The first-order chi connectivity index (χ1) is 8.74. The fraction of sp³-hybridized carbons (Fsp3) is 0.812. The van der Waals surface area contributed by atoms with Crippen LogP contribution in [0.5, 0.6) is 0 Å². The third-order valence-electron chi connectivity index (χ3n) is 3.67. The third-order valence-corrected chi connectivity index (χ3v) is 3.67. The van der Waals surface area contributed by atoms with Gasteiger partial charge in [0.2, 0.25) is 0 Å². The van der Waals surface area contributed by atoms with E-state index in [1.54, 1.807) is 0 Å². The predicted octanol–water partition coefficient (Wildman–Crippen LogP) is 4.88. The highest BCUT2D eigenvalue weighted by atomic mass is 16.5. The Kier molecular flexibility index (Phi) is 12.1. The lowest BCUT2D eigenvalue weighted by atomic mass is 9.91. The summed E-state index contributed by atoms with van der Waals surface area (Å²) in [4.78, 5) is 9.84. The molecule has 18 heavy (non-hydrogen) atoms. The highest BCUT2D eigenvalue weighted by Gasteiger charge is 2.06. The van der Waals surface area contributed by atoms with Gasteiger partial charge in [0.25, 0.3) is 0 Å². The number of carbonyl (C=O) groups excluding carboxylic acids is 1. The second-order valence-electron chi connectivity index (χ2n) is 5.05. The minimum atomic E-state index is -0.394. The van der Waals surface area contributed by atoms with Crippen molar-refractivity contribution >= 4 is 5.97 Å². The molecule has 0 N–H and O–H groups in total. The molecule has 1 fully saturated rings. The summed E-state index contributed by atoms with van der Waals surface area (Å²) in [6, 6.07) is 0. The van der Waals surface area contributed by atoms with E-state index in [2.05, 4.69) is 18.2 Å². The van der Waals surface area contributed by atoms with Gasteiger partial charge in [-0.05, 0) is 5.92 Å². The van der Waals surface area contributed by atoms with Crippen LogP contribution in [0.15, 0.2) is 12.7 Å². The smallest absolute Gasteiger partial charge is 0.329 e. The Morgan fingerprint density at radius 1 is 1.11 bits per heavy atom. The standard InChI is InChI=1S/C12H24.C4H6O2/c1-2-12-10-8-6-4-3-5-7-9-11-12;1-3-4(5)6-2/h12H,2-11H2,1H3;3H,1H2,2H3. The quantitative estimate of drug-likeness (QED) is 0.518. The highest BCUT2D eigenvalue weighted by Crippen LogP contribution is 2.23. The maximum atomic E-state index is 9.84. The molecule has 1 rings (SSSR count). The molecule has 2 nitrogen and oxygen atoms in total. The lowest BCUT2D eigenvalue weighted by Crippen LogP contribution is -2.00. The molecule has 0 heterocycles. The lowest BCUT2D eigenvalue weighted by Gasteiger charge is -2.16. The summed E-state index contributed by atoms with van der Waals surface area (Å²) in [5, 5.41) is 0. The van der Waals surface area contributed by atoms with Crippen LogP contribution in [0.1, 0.15) is 71.1 Å². The average Bonchev–Trinajstić information content (AvgIpc) is 2.44. The maximum Gasteiger partial charge on any atom is 0.329 e. The molecule has 0 bridgehead atoms. The molecule has 0 radical (unpaired) electrons. The number of carbonyl (C=O) groups is 1. The van der Waals surface area contributed by atoms with Gasteiger partial charge in [-0.1, -0.05) is 77.7 Å². The molecule has 0 unspecified atom stereocenters. The number of methoxy groups -OCH3 is 1. The molecule has 0 aliphatic heterocycles.